The number of carbonyl (C=O) groups excluding carboxylic acids is 2. The fourth-order valence-electron chi connectivity index (χ4n) is 4.39. The molecule has 8 nitrogen and oxygen atoms in total. The lowest BCUT2D eigenvalue weighted by atomic mass is 10.0. The van der Waals surface area contributed by atoms with Gasteiger partial charge in [-0.25, -0.2) is 9.59 Å². The number of hydroxylamine groups is 2. The minimum absolute atomic E-state index is 0.0139. The maximum absolute atomic E-state index is 13.8. The number of benzene rings is 2. The summed E-state index contributed by atoms with van der Waals surface area (Å²) in [5.74, 6) is -0.653. The lowest BCUT2D eigenvalue weighted by molar-refractivity contribution is -0.144. The third-order valence-corrected chi connectivity index (χ3v) is 6.80. The summed E-state index contributed by atoms with van der Waals surface area (Å²) in [7, 11) is 0. The van der Waals surface area contributed by atoms with Gasteiger partial charge in [0, 0.05) is 29.4 Å². The van der Waals surface area contributed by atoms with Gasteiger partial charge >= 0.3 is 12.0 Å². The van der Waals surface area contributed by atoms with Crippen molar-refractivity contribution in [2.45, 2.75) is 38.1 Å². The number of amides is 2. The largest absolute Gasteiger partial charge is 0.620 e. The second-order valence-corrected chi connectivity index (χ2v) is 9.08. The number of nitrogens with zero attached hydrogens (tertiary/aromatic N) is 2. The topological polar surface area (TPSA) is 88.1 Å². The maximum Gasteiger partial charge on any atom is 0.413 e. The number of rotatable bonds is 5. The van der Waals surface area contributed by atoms with Gasteiger partial charge < -0.3 is 19.4 Å². The Hall–Kier alpha value is -2.30. The summed E-state index contributed by atoms with van der Waals surface area (Å²) >= 11 is 3.36. The average molecular weight is 519 g/mol. The summed E-state index contributed by atoms with van der Waals surface area (Å²) in [4.78, 5) is 28.4. The molecule has 2 aliphatic rings. The Balaban J connectivity index is 1.62. The average Bonchev–Trinajstić information content (AvgIpc) is 3.21. The second-order valence-electron chi connectivity index (χ2n) is 8.17. The minimum Gasteiger partial charge on any atom is -0.620 e. The molecule has 2 aliphatic heterocycles. The quantitative estimate of drug-likeness (QED) is 0.432. The van der Waals surface area contributed by atoms with Crippen LogP contribution in [0.25, 0.3) is 0 Å². The van der Waals surface area contributed by atoms with Gasteiger partial charge in [-0.1, -0.05) is 46.3 Å². The molecule has 0 aliphatic carbocycles. The van der Waals surface area contributed by atoms with Gasteiger partial charge in [0.1, 0.15) is 12.3 Å². The van der Waals surface area contributed by atoms with Crippen LogP contribution in [0, 0.1) is 5.21 Å². The lowest BCUT2D eigenvalue weighted by Crippen LogP contribution is -2.62. The molecule has 2 aromatic carbocycles. The van der Waals surface area contributed by atoms with Crippen molar-refractivity contribution >= 4 is 33.6 Å². The van der Waals surface area contributed by atoms with E-state index in [1.54, 1.807) is 31.2 Å². The number of quaternary nitrogens is 1. The highest BCUT2D eigenvalue weighted by molar-refractivity contribution is 9.10. The van der Waals surface area contributed by atoms with Crippen LogP contribution < -0.4 is 4.65 Å². The molecule has 2 saturated heterocycles. The van der Waals surface area contributed by atoms with Crippen molar-refractivity contribution in [2.75, 3.05) is 26.4 Å². The smallest absolute Gasteiger partial charge is 0.413 e. The molecule has 176 valence electrons. The van der Waals surface area contributed by atoms with E-state index in [2.05, 4.69) is 15.9 Å². The fourth-order valence-corrected chi connectivity index (χ4v) is 4.65. The first-order valence-electron chi connectivity index (χ1n) is 11.0. The molecule has 0 aromatic heterocycles. The van der Waals surface area contributed by atoms with Crippen LogP contribution in [0.2, 0.25) is 0 Å². The van der Waals surface area contributed by atoms with Gasteiger partial charge in [-0.2, -0.15) is 0 Å². The van der Waals surface area contributed by atoms with Crippen LogP contribution in [0.15, 0.2) is 59.1 Å². The summed E-state index contributed by atoms with van der Waals surface area (Å²) in [5, 5.41) is 13.8. The Morgan fingerprint density at radius 1 is 1.15 bits per heavy atom. The molecular weight excluding hydrogens is 492 g/mol. The van der Waals surface area contributed by atoms with Crippen LogP contribution in [-0.2, 0) is 25.6 Å². The Labute approximate surface area is 201 Å². The summed E-state index contributed by atoms with van der Waals surface area (Å²) < 4.78 is 16.7. The van der Waals surface area contributed by atoms with Crippen molar-refractivity contribution in [1.82, 2.24) is 9.55 Å². The van der Waals surface area contributed by atoms with Crippen LogP contribution in [0.1, 0.15) is 25.3 Å². The highest BCUT2D eigenvalue weighted by atomic mass is 79.9. The number of likely N-dealkylation sites (N-methyl/N-ethyl adjacent to an activating group) is 1. The zero-order valence-electron chi connectivity index (χ0n) is 18.4. The van der Waals surface area contributed by atoms with E-state index in [1.165, 1.54) is 4.90 Å². The minimum atomic E-state index is -1.20. The van der Waals surface area contributed by atoms with Crippen molar-refractivity contribution < 1.29 is 23.8 Å². The molecule has 0 bridgehead atoms. The van der Waals surface area contributed by atoms with Crippen molar-refractivity contribution in [3.8, 4) is 0 Å². The van der Waals surface area contributed by atoms with Crippen LogP contribution in [0.4, 0.5) is 10.5 Å². The first kappa shape index (κ1) is 23.8. The lowest BCUT2D eigenvalue weighted by Gasteiger charge is -2.43. The number of ether oxygens (including phenoxy) is 3. The van der Waals surface area contributed by atoms with Gasteiger partial charge in [-0.05, 0) is 24.6 Å². The summed E-state index contributed by atoms with van der Waals surface area (Å²) in [5.41, 5.74) is 0.105. The highest BCUT2D eigenvalue weighted by Crippen LogP contribution is 2.39. The Morgan fingerprint density at radius 2 is 1.82 bits per heavy atom. The molecule has 2 atom stereocenters. The molecule has 2 unspecified atom stereocenters. The molecule has 0 saturated carbocycles. The maximum atomic E-state index is 13.8. The predicted molar refractivity (Wildman–Crippen MR) is 126 cm³/mol. The second kappa shape index (κ2) is 9.90. The first-order valence-corrected chi connectivity index (χ1v) is 11.8. The number of hydrogen-bond acceptors (Lipinski definition) is 6. The van der Waals surface area contributed by atoms with Gasteiger partial charge in [0.15, 0.2) is 11.8 Å². The van der Waals surface area contributed by atoms with Crippen LogP contribution in [-0.4, -0.2) is 55.0 Å². The van der Waals surface area contributed by atoms with Crippen LogP contribution in [0.5, 0.6) is 0 Å². The summed E-state index contributed by atoms with van der Waals surface area (Å²) in [6.07, 6.45) is 0.135. The SMILES string of the molecule is CC[N+]([O-])(C(=O)C1COC2(CCOCC2)N1C(=O)OCc1ccccc1)c1ccc(Br)cc1. The van der Waals surface area contributed by atoms with Gasteiger partial charge in [0.25, 0.3) is 0 Å². The van der Waals surface area contributed by atoms with E-state index in [0.29, 0.717) is 31.7 Å². The standard InChI is InChI=1S/C24H27BrN2O6/c1-2-27(30,20-10-8-19(25)9-11-20)22(28)21-17-33-24(12-14-31-15-13-24)26(21)23(29)32-16-18-6-4-3-5-7-18/h3-11,21H,2,12-17H2,1H3. The van der Waals surface area contributed by atoms with E-state index in [-0.39, 0.29) is 19.8 Å². The summed E-state index contributed by atoms with van der Waals surface area (Å²) in [6, 6.07) is 14.9. The number of carbonyl (C=O) groups is 2. The van der Waals surface area contributed by atoms with E-state index in [1.807, 2.05) is 30.3 Å². The zero-order chi connectivity index (χ0) is 23.5. The fraction of sp³-hybridized carbons (Fsp3) is 0.417. The van der Waals surface area contributed by atoms with Crippen molar-refractivity contribution in [1.29, 1.82) is 0 Å². The molecule has 4 rings (SSSR count). The van der Waals surface area contributed by atoms with Gasteiger partial charge in [-0.15, -0.1) is 0 Å². The molecule has 1 spiro atoms. The predicted octanol–water partition coefficient (Wildman–Crippen LogP) is 4.35. The Bertz CT molecular complexity index is 980. The molecule has 9 heteroatoms. The molecule has 2 amide bonds. The summed E-state index contributed by atoms with van der Waals surface area (Å²) in [6.45, 7) is 2.42. The van der Waals surface area contributed by atoms with E-state index in [0.717, 1.165) is 10.0 Å². The molecule has 2 heterocycles. The number of hydrogen-bond donors (Lipinski definition) is 0. The van der Waals surface area contributed by atoms with Crippen LogP contribution >= 0.6 is 15.9 Å². The molecule has 2 fully saturated rings. The zero-order valence-corrected chi connectivity index (χ0v) is 20.0. The van der Waals surface area contributed by atoms with Crippen molar-refractivity contribution in [3.05, 3.63) is 69.8 Å². The molecule has 33 heavy (non-hydrogen) atoms. The molecule has 0 N–H and O–H groups in total. The molecule has 0 radical (unpaired) electrons. The van der Waals surface area contributed by atoms with Crippen molar-refractivity contribution in [3.63, 3.8) is 0 Å². The number of halogens is 1. The van der Waals surface area contributed by atoms with E-state index >= 15 is 0 Å². The van der Waals surface area contributed by atoms with E-state index in [9.17, 15) is 14.8 Å². The van der Waals surface area contributed by atoms with Crippen molar-refractivity contribution in [2.24, 2.45) is 0 Å². The monoisotopic (exact) mass is 518 g/mol. The first-order chi connectivity index (χ1) is 15.9. The molecular formula is C24H27BrN2O6. The normalized spacial score (nSPS) is 21.5. The highest BCUT2D eigenvalue weighted by Gasteiger charge is 2.57. The van der Waals surface area contributed by atoms with Gasteiger partial charge in [0.05, 0.1) is 26.4 Å². The van der Waals surface area contributed by atoms with Crippen LogP contribution in [0.3, 0.4) is 0 Å². The Kier molecular flexibility index (Phi) is 7.16. The third-order valence-electron chi connectivity index (χ3n) is 6.27. The molecule has 2 aromatic rings. The van der Waals surface area contributed by atoms with E-state index in [4.69, 9.17) is 14.2 Å². The van der Waals surface area contributed by atoms with Gasteiger partial charge in [0.2, 0.25) is 0 Å². The van der Waals surface area contributed by atoms with Gasteiger partial charge in [-0.3, -0.25) is 9.55 Å². The Morgan fingerprint density at radius 3 is 2.45 bits per heavy atom. The third kappa shape index (κ3) is 4.69. The van der Waals surface area contributed by atoms with E-state index < -0.39 is 28.4 Å².